The van der Waals surface area contributed by atoms with Gasteiger partial charge in [-0.2, -0.15) is 0 Å². The van der Waals surface area contributed by atoms with Crippen LogP contribution in [0.2, 0.25) is 0 Å². The zero-order chi connectivity index (χ0) is 13.8. The highest BCUT2D eigenvalue weighted by Gasteiger charge is 2.23. The Morgan fingerprint density at radius 3 is 2.63 bits per heavy atom. The summed E-state index contributed by atoms with van der Waals surface area (Å²) < 4.78 is 1.31. The molecule has 1 heterocycles. The van der Waals surface area contributed by atoms with Crippen LogP contribution >= 0.6 is 0 Å². The quantitative estimate of drug-likeness (QED) is 0.714. The van der Waals surface area contributed by atoms with Crippen LogP contribution in [0.25, 0.3) is 0 Å². The third-order valence-electron chi connectivity index (χ3n) is 2.80. The van der Waals surface area contributed by atoms with Gasteiger partial charge in [-0.3, -0.25) is 0 Å². The summed E-state index contributed by atoms with van der Waals surface area (Å²) in [5.41, 5.74) is 6.86. The number of carbonyl (C=O) groups is 1. The topological polar surface area (TPSA) is 114 Å². The van der Waals surface area contributed by atoms with Gasteiger partial charge >= 0.3 is 5.97 Å². The van der Waals surface area contributed by atoms with E-state index >= 15 is 0 Å². The van der Waals surface area contributed by atoms with Crippen LogP contribution in [-0.2, 0) is 17.8 Å². The number of benzene rings is 1. The SMILES string of the molecule is NCc1cnnn1[C@H](Cc1ccc(O)cc1)C(=O)O. The number of hydrogen-bond donors (Lipinski definition) is 3. The smallest absolute Gasteiger partial charge is 0.328 e. The van der Waals surface area contributed by atoms with Crippen molar-refractivity contribution in [3.8, 4) is 5.75 Å². The van der Waals surface area contributed by atoms with Crippen LogP contribution in [0.5, 0.6) is 5.75 Å². The van der Waals surface area contributed by atoms with Gasteiger partial charge in [0.25, 0.3) is 0 Å². The highest BCUT2D eigenvalue weighted by atomic mass is 16.4. The second-order valence-electron chi connectivity index (χ2n) is 4.10. The summed E-state index contributed by atoms with van der Waals surface area (Å²) in [6, 6.07) is 5.50. The molecule has 2 aromatic rings. The van der Waals surface area contributed by atoms with Gasteiger partial charge in [-0.25, -0.2) is 9.48 Å². The Balaban J connectivity index is 2.26. The summed E-state index contributed by atoms with van der Waals surface area (Å²) >= 11 is 0. The van der Waals surface area contributed by atoms with Gasteiger partial charge in [-0.15, -0.1) is 5.10 Å². The van der Waals surface area contributed by atoms with Gasteiger partial charge in [0, 0.05) is 13.0 Å². The Labute approximate surface area is 109 Å². The number of carboxylic acids is 1. The Kier molecular flexibility index (Phi) is 3.76. The molecule has 7 nitrogen and oxygen atoms in total. The molecule has 0 amide bonds. The summed E-state index contributed by atoms with van der Waals surface area (Å²) in [5, 5.41) is 26.0. The van der Waals surface area contributed by atoms with E-state index in [0.717, 1.165) is 5.56 Å². The van der Waals surface area contributed by atoms with Crippen molar-refractivity contribution in [3.05, 3.63) is 41.7 Å². The van der Waals surface area contributed by atoms with E-state index in [1.54, 1.807) is 12.1 Å². The first kappa shape index (κ1) is 13.0. The molecule has 0 bridgehead atoms. The normalized spacial score (nSPS) is 12.3. The van der Waals surface area contributed by atoms with Crippen molar-refractivity contribution in [2.75, 3.05) is 0 Å². The monoisotopic (exact) mass is 262 g/mol. The lowest BCUT2D eigenvalue weighted by Gasteiger charge is -2.14. The van der Waals surface area contributed by atoms with Crippen molar-refractivity contribution in [1.29, 1.82) is 0 Å². The first-order valence-electron chi connectivity index (χ1n) is 5.71. The Morgan fingerprint density at radius 2 is 2.05 bits per heavy atom. The molecule has 0 aliphatic carbocycles. The molecule has 0 radical (unpaired) electrons. The van der Waals surface area contributed by atoms with Gasteiger partial charge < -0.3 is 15.9 Å². The lowest BCUT2D eigenvalue weighted by atomic mass is 10.1. The molecule has 4 N–H and O–H groups in total. The number of phenols is 1. The van der Waals surface area contributed by atoms with E-state index < -0.39 is 12.0 Å². The van der Waals surface area contributed by atoms with E-state index in [9.17, 15) is 15.0 Å². The second kappa shape index (κ2) is 5.49. The first-order chi connectivity index (χ1) is 9.11. The molecule has 1 aromatic heterocycles. The summed E-state index contributed by atoms with van der Waals surface area (Å²) in [6.07, 6.45) is 1.69. The molecular weight excluding hydrogens is 248 g/mol. The van der Waals surface area contributed by atoms with Crippen LogP contribution in [0.15, 0.2) is 30.5 Å². The zero-order valence-corrected chi connectivity index (χ0v) is 10.1. The number of aromatic hydroxyl groups is 1. The Bertz CT molecular complexity index is 565. The minimum Gasteiger partial charge on any atom is -0.508 e. The third-order valence-corrected chi connectivity index (χ3v) is 2.80. The van der Waals surface area contributed by atoms with E-state index in [1.165, 1.54) is 23.0 Å². The third kappa shape index (κ3) is 2.89. The van der Waals surface area contributed by atoms with Crippen LogP contribution in [0, 0.1) is 0 Å². The van der Waals surface area contributed by atoms with Gasteiger partial charge in [0.15, 0.2) is 6.04 Å². The molecule has 0 spiro atoms. The summed E-state index contributed by atoms with van der Waals surface area (Å²) in [5.74, 6) is -0.868. The summed E-state index contributed by atoms with van der Waals surface area (Å²) in [4.78, 5) is 11.4. The number of hydrogen-bond acceptors (Lipinski definition) is 5. The fourth-order valence-electron chi connectivity index (χ4n) is 1.81. The van der Waals surface area contributed by atoms with Crippen molar-refractivity contribution in [2.24, 2.45) is 5.73 Å². The molecule has 0 saturated carbocycles. The number of aliphatic carboxylic acids is 1. The van der Waals surface area contributed by atoms with Crippen molar-refractivity contribution in [3.63, 3.8) is 0 Å². The average Bonchev–Trinajstić information content (AvgIpc) is 2.85. The molecule has 0 unspecified atom stereocenters. The highest BCUT2D eigenvalue weighted by Crippen LogP contribution is 2.18. The van der Waals surface area contributed by atoms with Crippen molar-refractivity contribution in [2.45, 2.75) is 19.0 Å². The molecule has 1 aromatic carbocycles. The first-order valence-corrected chi connectivity index (χ1v) is 5.71. The van der Waals surface area contributed by atoms with Crippen molar-refractivity contribution < 1.29 is 15.0 Å². The molecule has 1 atom stereocenters. The van der Waals surface area contributed by atoms with Crippen LogP contribution in [-0.4, -0.2) is 31.2 Å². The van der Waals surface area contributed by atoms with Crippen molar-refractivity contribution in [1.82, 2.24) is 15.0 Å². The average molecular weight is 262 g/mol. The lowest BCUT2D eigenvalue weighted by molar-refractivity contribution is -0.141. The number of nitrogens with zero attached hydrogens (tertiary/aromatic N) is 3. The highest BCUT2D eigenvalue weighted by molar-refractivity contribution is 5.72. The maximum atomic E-state index is 11.4. The fourth-order valence-corrected chi connectivity index (χ4v) is 1.81. The molecule has 7 heteroatoms. The minimum atomic E-state index is -1.01. The van der Waals surface area contributed by atoms with E-state index in [2.05, 4.69) is 10.3 Å². The van der Waals surface area contributed by atoms with Crippen LogP contribution in [0.1, 0.15) is 17.3 Å². The molecule has 0 aliphatic rings. The zero-order valence-electron chi connectivity index (χ0n) is 10.1. The Morgan fingerprint density at radius 1 is 1.37 bits per heavy atom. The Hall–Kier alpha value is -2.41. The molecular formula is C12H14N4O3. The number of aromatic nitrogens is 3. The minimum absolute atomic E-state index is 0.138. The molecule has 2 rings (SSSR count). The predicted molar refractivity (Wildman–Crippen MR) is 66.4 cm³/mol. The van der Waals surface area contributed by atoms with E-state index in [1.807, 2.05) is 0 Å². The largest absolute Gasteiger partial charge is 0.508 e. The number of carboxylic acid groups (broad SMARTS) is 1. The molecule has 100 valence electrons. The van der Waals surface area contributed by atoms with Gasteiger partial charge in [0.05, 0.1) is 11.9 Å². The number of rotatable bonds is 5. The van der Waals surface area contributed by atoms with Crippen LogP contribution in [0.4, 0.5) is 0 Å². The van der Waals surface area contributed by atoms with E-state index in [-0.39, 0.29) is 18.7 Å². The summed E-state index contributed by atoms with van der Waals surface area (Å²) in [7, 11) is 0. The maximum Gasteiger partial charge on any atom is 0.328 e. The predicted octanol–water partition coefficient (Wildman–Crippen LogP) is 0.311. The number of nitrogens with two attached hydrogens (primary N) is 1. The number of phenolic OH excluding ortho intramolecular Hbond substituents is 1. The maximum absolute atomic E-state index is 11.4. The fraction of sp³-hybridized carbons (Fsp3) is 0.250. The second-order valence-corrected chi connectivity index (χ2v) is 4.10. The van der Waals surface area contributed by atoms with Crippen molar-refractivity contribution >= 4 is 5.97 Å². The van der Waals surface area contributed by atoms with Crippen LogP contribution in [0.3, 0.4) is 0 Å². The van der Waals surface area contributed by atoms with E-state index in [4.69, 9.17) is 5.73 Å². The summed E-state index contributed by atoms with van der Waals surface area (Å²) in [6.45, 7) is 0.173. The molecule has 19 heavy (non-hydrogen) atoms. The molecule has 0 saturated heterocycles. The van der Waals surface area contributed by atoms with Crippen LogP contribution < -0.4 is 5.73 Å². The van der Waals surface area contributed by atoms with Gasteiger partial charge in [-0.1, -0.05) is 17.3 Å². The van der Waals surface area contributed by atoms with E-state index in [0.29, 0.717) is 5.69 Å². The van der Waals surface area contributed by atoms with Gasteiger partial charge in [-0.05, 0) is 17.7 Å². The molecule has 0 fully saturated rings. The van der Waals surface area contributed by atoms with Gasteiger partial charge in [0.2, 0.25) is 0 Å². The molecule has 0 aliphatic heterocycles. The van der Waals surface area contributed by atoms with Gasteiger partial charge in [0.1, 0.15) is 5.75 Å². The standard InChI is InChI=1S/C12H14N4O3/c13-6-9-7-14-15-16(9)11(12(18)19)5-8-1-3-10(17)4-2-8/h1-4,7,11,17H,5-6,13H2,(H,18,19)/t11-/m1/s1. The lowest BCUT2D eigenvalue weighted by Crippen LogP contribution is -2.25.